The van der Waals surface area contributed by atoms with E-state index in [0.29, 0.717) is 18.8 Å². The molecule has 0 saturated carbocycles. The lowest BCUT2D eigenvalue weighted by Crippen LogP contribution is -2.02. The van der Waals surface area contributed by atoms with Gasteiger partial charge in [-0.1, -0.05) is 45.4 Å². The molecule has 0 aromatic rings. The third-order valence-electron chi connectivity index (χ3n) is 2.83. The van der Waals surface area contributed by atoms with E-state index in [0.717, 1.165) is 25.4 Å². The first-order chi connectivity index (χ1) is 7.35. The number of rotatable bonds is 11. The summed E-state index contributed by atoms with van der Waals surface area (Å²) in [5.74, 6) is 0.297. The summed E-state index contributed by atoms with van der Waals surface area (Å²) in [6, 6.07) is 0. The van der Waals surface area contributed by atoms with Crippen molar-refractivity contribution in [3.05, 3.63) is 0 Å². The fourth-order valence-corrected chi connectivity index (χ4v) is 1.82. The molecule has 15 heavy (non-hydrogen) atoms. The zero-order valence-corrected chi connectivity index (χ0v) is 9.91. The molecule has 0 heterocycles. The number of carbonyl (C=O) groups excluding carboxylic acids is 2. The maximum Gasteiger partial charge on any atom is 0.120 e. The van der Waals surface area contributed by atoms with Crippen molar-refractivity contribution in [2.45, 2.75) is 64.7 Å². The van der Waals surface area contributed by atoms with E-state index in [1.165, 1.54) is 32.1 Å². The maximum absolute atomic E-state index is 10.3. The van der Waals surface area contributed by atoms with E-state index < -0.39 is 0 Å². The quantitative estimate of drug-likeness (QED) is 0.388. The highest BCUT2D eigenvalue weighted by molar-refractivity contribution is 5.54. The molecule has 0 rings (SSSR count). The molecule has 2 heteroatoms. The molecular weight excluding hydrogens is 188 g/mol. The Bertz CT molecular complexity index is 145. The van der Waals surface area contributed by atoms with Gasteiger partial charge in [-0.05, 0) is 12.3 Å². The summed E-state index contributed by atoms with van der Waals surface area (Å²) in [6.07, 6.45) is 11.6. The molecule has 0 spiro atoms. The molecule has 2 nitrogen and oxygen atoms in total. The summed E-state index contributed by atoms with van der Waals surface area (Å²) in [5.41, 5.74) is 0. The van der Waals surface area contributed by atoms with Gasteiger partial charge >= 0.3 is 0 Å². The van der Waals surface area contributed by atoms with Crippen LogP contribution in [0, 0.1) is 5.92 Å². The molecule has 0 amide bonds. The van der Waals surface area contributed by atoms with Gasteiger partial charge in [-0.2, -0.15) is 0 Å². The van der Waals surface area contributed by atoms with Gasteiger partial charge in [0.25, 0.3) is 0 Å². The van der Waals surface area contributed by atoms with Gasteiger partial charge in [0, 0.05) is 12.8 Å². The Kier molecular flexibility index (Phi) is 10.9. The van der Waals surface area contributed by atoms with Crippen LogP contribution in [0.1, 0.15) is 64.7 Å². The van der Waals surface area contributed by atoms with E-state index in [-0.39, 0.29) is 0 Å². The zero-order chi connectivity index (χ0) is 11.4. The van der Waals surface area contributed by atoms with Crippen molar-refractivity contribution in [2.24, 2.45) is 5.92 Å². The van der Waals surface area contributed by atoms with Crippen LogP contribution in [0.4, 0.5) is 0 Å². The van der Waals surface area contributed by atoms with E-state index in [4.69, 9.17) is 0 Å². The molecule has 0 unspecified atom stereocenters. The average Bonchev–Trinajstić information content (AvgIpc) is 2.24. The summed E-state index contributed by atoms with van der Waals surface area (Å²) < 4.78 is 0. The molecule has 88 valence electrons. The minimum Gasteiger partial charge on any atom is -0.303 e. The predicted octanol–water partition coefficient (Wildman–Crippen LogP) is 3.53. The van der Waals surface area contributed by atoms with Gasteiger partial charge in [-0.25, -0.2) is 0 Å². The smallest absolute Gasteiger partial charge is 0.120 e. The SMILES string of the molecule is CCCCCCCCC(CC=O)CC=O. The van der Waals surface area contributed by atoms with Crippen LogP contribution in [0.15, 0.2) is 0 Å². The molecule has 0 aliphatic rings. The van der Waals surface area contributed by atoms with E-state index in [9.17, 15) is 9.59 Å². The number of hydrogen-bond acceptors (Lipinski definition) is 2. The molecule has 0 aliphatic heterocycles. The van der Waals surface area contributed by atoms with Crippen molar-refractivity contribution < 1.29 is 9.59 Å². The summed E-state index contributed by atoms with van der Waals surface area (Å²) in [5, 5.41) is 0. The Labute approximate surface area is 93.4 Å². The van der Waals surface area contributed by atoms with E-state index >= 15 is 0 Å². The van der Waals surface area contributed by atoms with Crippen LogP contribution in [-0.4, -0.2) is 12.6 Å². The maximum atomic E-state index is 10.3. The predicted molar refractivity (Wildman–Crippen MR) is 62.8 cm³/mol. The van der Waals surface area contributed by atoms with Crippen molar-refractivity contribution in [2.75, 3.05) is 0 Å². The third-order valence-corrected chi connectivity index (χ3v) is 2.83. The summed E-state index contributed by atoms with van der Waals surface area (Å²) >= 11 is 0. The Balaban J connectivity index is 3.35. The molecule has 0 N–H and O–H groups in total. The Hall–Kier alpha value is -0.660. The number of hydrogen-bond donors (Lipinski definition) is 0. The van der Waals surface area contributed by atoms with Crippen LogP contribution in [0.25, 0.3) is 0 Å². The summed E-state index contributed by atoms with van der Waals surface area (Å²) in [6.45, 7) is 2.21. The molecule has 0 fully saturated rings. The molecule has 0 aromatic carbocycles. The van der Waals surface area contributed by atoms with Gasteiger partial charge in [-0.3, -0.25) is 0 Å². The van der Waals surface area contributed by atoms with E-state index in [1.807, 2.05) is 0 Å². The van der Waals surface area contributed by atoms with Crippen molar-refractivity contribution in [3.8, 4) is 0 Å². The fraction of sp³-hybridized carbons (Fsp3) is 0.846. The highest BCUT2D eigenvalue weighted by Crippen LogP contribution is 2.16. The molecule has 0 atom stereocenters. The lowest BCUT2D eigenvalue weighted by atomic mass is 9.95. The van der Waals surface area contributed by atoms with Crippen LogP contribution in [0.3, 0.4) is 0 Å². The Morgan fingerprint density at radius 1 is 0.867 bits per heavy atom. The third kappa shape index (κ3) is 9.64. The van der Waals surface area contributed by atoms with E-state index in [2.05, 4.69) is 6.92 Å². The Morgan fingerprint density at radius 3 is 1.93 bits per heavy atom. The molecule has 0 aliphatic carbocycles. The molecule has 0 saturated heterocycles. The first-order valence-corrected chi connectivity index (χ1v) is 6.22. The van der Waals surface area contributed by atoms with Gasteiger partial charge < -0.3 is 9.59 Å². The molecular formula is C13H24O2. The summed E-state index contributed by atoms with van der Waals surface area (Å²) in [7, 11) is 0. The van der Waals surface area contributed by atoms with Crippen LogP contribution in [-0.2, 0) is 9.59 Å². The Morgan fingerprint density at radius 2 is 1.40 bits per heavy atom. The van der Waals surface area contributed by atoms with Gasteiger partial charge in [0.15, 0.2) is 0 Å². The minimum atomic E-state index is 0.297. The minimum absolute atomic E-state index is 0.297. The largest absolute Gasteiger partial charge is 0.303 e. The van der Waals surface area contributed by atoms with Crippen molar-refractivity contribution in [3.63, 3.8) is 0 Å². The number of aldehydes is 2. The molecule has 0 aromatic heterocycles. The highest BCUT2D eigenvalue weighted by Gasteiger charge is 2.06. The monoisotopic (exact) mass is 212 g/mol. The van der Waals surface area contributed by atoms with Crippen molar-refractivity contribution in [1.29, 1.82) is 0 Å². The second-order valence-corrected chi connectivity index (χ2v) is 4.23. The van der Waals surface area contributed by atoms with E-state index in [1.54, 1.807) is 0 Å². The van der Waals surface area contributed by atoms with Gasteiger partial charge in [0.2, 0.25) is 0 Å². The normalized spacial score (nSPS) is 10.5. The van der Waals surface area contributed by atoms with Gasteiger partial charge in [-0.15, -0.1) is 0 Å². The average molecular weight is 212 g/mol. The zero-order valence-electron chi connectivity index (χ0n) is 9.91. The second-order valence-electron chi connectivity index (χ2n) is 4.23. The van der Waals surface area contributed by atoms with Gasteiger partial charge in [0.1, 0.15) is 12.6 Å². The lowest BCUT2D eigenvalue weighted by molar-refractivity contribution is -0.110. The molecule has 0 radical (unpaired) electrons. The lowest BCUT2D eigenvalue weighted by Gasteiger charge is -2.09. The number of carbonyl (C=O) groups is 2. The van der Waals surface area contributed by atoms with Crippen molar-refractivity contribution in [1.82, 2.24) is 0 Å². The fourth-order valence-electron chi connectivity index (χ4n) is 1.82. The second kappa shape index (κ2) is 11.4. The first-order valence-electron chi connectivity index (χ1n) is 6.22. The van der Waals surface area contributed by atoms with Crippen LogP contribution in [0.2, 0.25) is 0 Å². The number of unbranched alkanes of at least 4 members (excludes halogenated alkanes) is 5. The van der Waals surface area contributed by atoms with Crippen LogP contribution >= 0.6 is 0 Å². The molecule has 0 bridgehead atoms. The van der Waals surface area contributed by atoms with Gasteiger partial charge in [0.05, 0.1) is 0 Å². The van der Waals surface area contributed by atoms with Crippen LogP contribution in [0.5, 0.6) is 0 Å². The highest BCUT2D eigenvalue weighted by atomic mass is 16.1. The topological polar surface area (TPSA) is 34.1 Å². The van der Waals surface area contributed by atoms with Crippen LogP contribution < -0.4 is 0 Å². The van der Waals surface area contributed by atoms with Crippen molar-refractivity contribution >= 4 is 12.6 Å². The summed E-state index contributed by atoms with van der Waals surface area (Å²) in [4.78, 5) is 20.7. The standard InChI is InChI=1S/C13H24O2/c1-2-3-4-5-6-7-8-13(9-11-14)10-12-15/h11-13H,2-10H2,1H3. The first kappa shape index (κ1) is 14.3.